The highest BCUT2D eigenvalue weighted by atomic mass is 35.5. The van der Waals surface area contributed by atoms with E-state index in [2.05, 4.69) is 11.5 Å². The smallest absolute Gasteiger partial charge is 0.342 e. The van der Waals surface area contributed by atoms with Gasteiger partial charge in [-0.15, -0.1) is 0 Å². The summed E-state index contributed by atoms with van der Waals surface area (Å²) in [7, 11) is 1.53. The molecule has 0 saturated carbocycles. The number of halogens is 1. The molecule has 0 aliphatic carbocycles. The molecule has 0 radical (unpaired) electrons. The first-order valence-corrected chi connectivity index (χ1v) is 8.66. The lowest BCUT2D eigenvalue weighted by Gasteiger charge is -2.02. The average molecular weight is 372 g/mol. The molecule has 0 aromatic carbocycles. The number of allylic oxidation sites excluding steroid dienone is 6. The Morgan fingerprint density at radius 3 is 2.46 bits per heavy atom. The van der Waals surface area contributed by atoms with Crippen LogP contribution in [0.1, 0.15) is 23.9 Å². The van der Waals surface area contributed by atoms with Crippen molar-refractivity contribution in [3.05, 3.63) is 87.2 Å². The molecular formula is C21H22ClNO3. The van der Waals surface area contributed by atoms with Gasteiger partial charge in [-0.2, -0.15) is 0 Å². The van der Waals surface area contributed by atoms with Crippen LogP contribution >= 0.6 is 11.6 Å². The number of ether oxygens (including phenoxy) is 1. The van der Waals surface area contributed by atoms with Gasteiger partial charge in [-0.25, -0.2) is 4.79 Å². The van der Waals surface area contributed by atoms with E-state index in [9.17, 15) is 4.79 Å². The maximum Gasteiger partial charge on any atom is 0.342 e. The Balaban J connectivity index is 1.95. The molecule has 0 saturated heterocycles. The molecule has 0 unspecified atom stereocenters. The summed E-state index contributed by atoms with van der Waals surface area (Å²) in [5.74, 6) is 0.964. The second-order valence-electron chi connectivity index (χ2n) is 5.45. The van der Waals surface area contributed by atoms with Crippen molar-refractivity contribution >= 4 is 23.8 Å². The van der Waals surface area contributed by atoms with Gasteiger partial charge in [-0.3, -0.25) is 0 Å². The Morgan fingerprint density at radius 1 is 1.15 bits per heavy atom. The lowest BCUT2D eigenvalue weighted by Crippen LogP contribution is -2.05. The van der Waals surface area contributed by atoms with Crippen molar-refractivity contribution in [2.24, 2.45) is 0 Å². The van der Waals surface area contributed by atoms with Gasteiger partial charge >= 0.3 is 5.63 Å². The molecule has 26 heavy (non-hydrogen) atoms. The third-order valence-corrected chi connectivity index (χ3v) is 4.06. The van der Waals surface area contributed by atoms with Crippen molar-refractivity contribution in [1.82, 2.24) is 4.57 Å². The first kappa shape index (κ1) is 19.6. The monoisotopic (exact) mass is 371 g/mol. The van der Waals surface area contributed by atoms with Crippen LogP contribution in [0.4, 0.5) is 0 Å². The van der Waals surface area contributed by atoms with Crippen LogP contribution < -0.4 is 10.4 Å². The zero-order valence-corrected chi connectivity index (χ0v) is 15.9. The quantitative estimate of drug-likeness (QED) is 0.622. The zero-order valence-electron chi connectivity index (χ0n) is 15.1. The van der Waals surface area contributed by atoms with Gasteiger partial charge in [0, 0.05) is 18.8 Å². The first-order valence-electron chi connectivity index (χ1n) is 8.28. The molecule has 0 spiro atoms. The molecule has 4 nitrogen and oxygen atoms in total. The molecule has 2 heterocycles. The molecule has 0 amide bonds. The number of hydrogen-bond donors (Lipinski definition) is 0. The van der Waals surface area contributed by atoms with Crippen molar-refractivity contribution in [1.29, 1.82) is 0 Å². The van der Waals surface area contributed by atoms with Gasteiger partial charge in [-0.1, -0.05) is 48.1 Å². The minimum absolute atomic E-state index is 0.395. The second kappa shape index (κ2) is 9.68. The lowest BCUT2D eigenvalue weighted by molar-refractivity contribution is 0.395. The predicted octanol–water partition coefficient (Wildman–Crippen LogP) is 5.27. The van der Waals surface area contributed by atoms with E-state index < -0.39 is 5.63 Å². The summed E-state index contributed by atoms with van der Waals surface area (Å²) in [6, 6.07) is 3.57. The van der Waals surface area contributed by atoms with Crippen molar-refractivity contribution in [2.75, 3.05) is 7.11 Å². The summed E-state index contributed by atoms with van der Waals surface area (Å²) in [5.41, 5.74) is 1.06. The van der Waals surface area contributed by atoms with E-state index in [1.807, 2.05) is 48.7 Å². The van der Waals surface area contributed by atoms with Crippen LogP contribution in [0.5, 0.6) is 5.75 Å². The predicted molar refractivity (Wildman–Crippen MR) is 108 cm³/mol. The van der Waals surface area contributed by atoms with Crippen LogP contribution in [0.2, 0.25) is 5.02 Å². The molecule has 0 N–H and O–H groups in total. The molecular weight excluding hydrogens is 350 g/mol. The average Bonchev–Trinajstić information content (AvgIpc) is 2.99. The fraction of sp³-hybridized carbons (Fsp3) is 0.190. The summed E-state index contributed by atoms with van der Waals surface area (Å²) in [5, 5.41) is 0.741. The standard InChI is InChI=1S/C21H22ClNO3/c1-4-23-14-13-18(22)19(23)12-10-8-6-5-7-9-11-17-15-20(25-3)16(2)21(24)26-17/h5-15H,4H2,1-3H3/b7-5+,8-6+,11-9+,12-10+. The van der Waals surface area contributed by atoms with Crippen LogP contribution in [-0.2, 0) is 6.54 Å². The number of hydrogen-bond acceptors (Lipinski definition) is 3. The van der Waals surface area contributed by atoms with Crippen LogP contribution in [0.3, 0.4) is 0 Å². The summed E-state index contributed by atoms with van der Waals surface area (Å²) in [6.45, 7) is 4.62. The number of methoxy groups -OCH3 is 1. The molecule has 0 fully saturated rings. The van der Waals surface area contributed by atoms with Gasteiger partial charge in [0.05, 0.1) is 23.4 Å². The van der Waals surface area contributed by atoms with Gasteiger partial charge in [0.15, 0.2) is 0 Å². The molecule has 0 aliphatic heterocycles. The highest BCUT2D eigenvalue weighted by Crippen LogP contribution is 2.19. The Bertz CT molecular complexity index is 914. The van der Waals surface area contributed by atoms with Gasteiger partial charge in [-0.05, 0) is 32.1 Å². The van der Waals surface area contributed by atoms with E-state index in [4.69, 9.17) is 20.8 Å². The van der Waals surface area contributed by atoms with Crippen LogP contribution in [-0.4, -0.2) is 11.7 Å². The number of aromatic nitrogens is 1. The third-order valence-electron chi connectivity index (χ3n) is 3.75. The fourth-order valence-electron chi connectivity index (χ4n) is 2.31. The molecule has 0 atom stereocenters. The summed E-state index contributed by atoms with van der Waals surface area (Å²) in [6.07, 6.45) is 16.9. The molecule has 2 aromatic rings. The normalized spacial score (nSPS) is 12.3. The summed E-state index contributed by atoms with van der Waals surface area (Å²) < 4.78 is 12.4. The van der Waals surface area contributed by atoms with Gasteiger partial charge in [0.25, 0.3) is 0 Å². The largest absolute Gasteiger partial charge is 0.496 e. The highest BCUT2D eigenvalue weighted by Gasteiger charge is 2.05. The first-order chi connectivity index (χ1) is 12.6. The Hall–Kier alpha value is -2.72. The fourth-order valence-corrected chi connectivity index (χ4v) is 2.54. The van der Waals surface area contributed by atoms with Crippen LogP contribution in [0.25, 0.3) is 12.2 Å². The second-order valence-corrected chi connectivity index (χ2v) is 5.86. The van der Waals surface area contributed by atoms with Crippen molar-refractivity contribution in [3.8, 4) is 5.75 Å². The van der Waals surface area contributed by atoms with Gasteiger partial charge in [0.1, 0.15) is 11.5 Å². The van der Waals surface area contributed by atoms with E-state index in [1.165, 1.54) is 7.11 Å². The molecule has 5 heteroatoms. The summed E-state index contributed by atoms with van der Waals surface area (Å²) in [4.78, 5) is 11.7. The maximum atomic E-state index is 11.7. The van der Waals surface area contributed by atoms with Crippen LogP contribution in [0.15, 0.2) is 64.0 Å². The lowest BCUT2D eigenvalue weighted by atomic mass is 10.2. The van der Waals surface area contributed by atoms with Gasteiger partial charge in [0.2, 0.25) is 0 Å². The Morgan fingerprint density at radius 2 is 1.81 bits per heavy atom. The molecule has 136 valence electrons. The van der Waals surface area contributed by atoms with E-state index in [1.54, 1.807) is 25.1 Å². The molecule has 0 bridgehead atoms. The summed E-state index contributed by atoms with van der Waals surface area (Å²) >= 11 is 6.15. The van der Waals surface area contributed by atoms with Crippen molar-refractivity contribution < 1.29 is 9.15 Å². The zero-order chi connectivity index (χ0) is 18.9. The van der Waals surface area contributed by atoms with E-state index >= 15 is 0 Å². The SMILES string of the molecule is CCn1ccc(Cl)c1/C=C/C=C/C=C/C=C/c1cc(OC)c(C)c(=O)o1. The topological polar surface area (TPSA) is 44.4 Å². The maximum absolute atomic E-state index is 11.7. The number of nitrogens with zero attached hydrogens (tertiary/aromatic N) is 1. The number of rotatable bonds is 7. The van der Waals surface area contributed by atoms with Crippen molar-refractivity contribution in [3.63, 3.8) is 0 Å². The van der Waals surface area contributed by atoms with Crippen LogP contribution in [0, 0.1) is 6.92 Å². The number of aryl methyl sites for hydroxylation is 1. The Labute approximate surface area is 158 Å². The van der Waals surface area contributed by atoms with Crippen molar-refractivity contribution in [2.45, 2.75) is 20.4 Å². The molecule has 2 rings (SSSR count). The third kappa shape index (κ3) is 5.14. The van der Waals surface area contributed by atoms with Gasteiger partial charge < -0.3 is 13.7 Å². The minimum atomic E-state index is -0.395. The molecule has 2 aromatic heterocycles. The highest BCUT2D eigenvalue weighted by molar-refractivity contribution is 6.32. The van der Waals surface area contributed by atoms with E-state index in [-0.39, 0.29) is 0 Å². The van der Waals surface area contributed by atoms with E-state index in [0.29, 0.717) is 17.1 Å². The Kier molecular flexibility index (Phi) is 7.30. The van der Waals surface area contributed by atoms with E-state index in [0.717, 1.165) is 17.3 Å². The minimum Gasteiger partial charge on any atom is -0.496 e. The molecule has 0 aliphatic rings.